The molecule has 3 nitrogen and oxygen atoms in total. The van der Waals surface area contributed by atoms with Crippen molar-refractivity contribution < 1.29 is 13.2 Å². The van der Waals surface area contributed by atoms with E-state index in [-0.39, 0.29) is 5.92 Å². The Labute approximate surface area is 113 Å². The first-order chi connectivity index (χ1) is 8.48. The second-order valence-corrected chi connectivity index (χ2v) is 7.62. The summed E-state index contributed by atoms with van der Waals surface area (Å²) >= 11 is 0. The molecular formula is C13H17ClO3S. The molecule has 2 rings (SSSR count). The van der Waals surface area contributed by atoms with Crippen LogP contribution in [0.15, 0.2) is 24.3 Å². The van der Waals surface area contributed by atoms with Gasteiger partial charge in [0.25, 0.3) is 0 Å². The topological polar surface area (TPSA) is 43.4 Å². The molecule has 2 unspecified atom stereocenters. The molecule has 100 valence electrons. The minimum atomic E-state index is -3.52. The zero-order valence-corrected chi connectivity index (χ0v) is 11.9. The lowest BCUT2D eigenvalue weighted by Gasteiger charge is -2.29. The summed E-state index contributed by atoms with van der Waals surface area (Å²) in [6.07, 6.45) is 1.19. The SMILES string of the molecule is Cc1ccccc1CC1COCCC1S(=O)(=O)Cl. The molecule has 1 aliphatic heterocycles. The molecule has 0 aliphatic carbocycles. The van der Waals surface area contributed by atoms with E-state index in [0.717, 1.165) is 0 Å². The Balaban J connectivity index is 2.18. The Kier molecular flexibility index (Phi) is 4.30. The van der Waals surface area contributed by atoms with Gasteiger partial charge in [0, 0.05) is 23.2 Å². The normalized spacial score (nSPS) is 25.0. The van der Waals surface area contributed by atoms with E-state index in [4.69, 9.17) is 15.4 Å². The zero-order valence-electron chi connectivity index (χ0n) is 10.3. The van der Waals surface area contributed by atoms with Crippen LogP contribution in [0.4, 0.5) is 0 Å². The fraction of sp³-hybridized carbons (Fsp3) is 0.538. The minimum Gasteiger partial charge on any atom is -0.381 e. The van der Waals surface area contributed by atoms with Gasteiger partial charge in [-0.25, -0.2) is 8.42 Å². The standard InChI is InChI=1S/C13H17ClO3S/c1-10-4-2-3-5-11(10)8-12-9-17-7-6-13(12)18(14,15)16/h2-5,12-13H,6-9H2,1H3. The molecule has 1 aromatic rings. The van der Waals surface area contributed by atoms with Gasteiger partial charge in [-0.2, -0.15) is 0 Å². The van der Waals surface area contributed by atoms with Gasteiger partial charge in [-0.15, -0.1) is 0 Å². The van der Waals surface area contributed by atoms with Crippen LogP contribution in [0.25, 0.3) is 0 Å². The van der Waals surface area contributed by atoms with Crippen molar-refractivity contribution in [3.05, 3.63) is 35.4 Å². The van der Waals surface area contributed by atoms with Gasteiger partial charge in [-0.3, -0.25) is 0 Å². The molecule has 0 amide bonds. The van der Waals surface area contributed by atoms with E-state index in [2.05, 4.69) is 0 Å². The minimum absolute atomic E-state index is 0.0534. The van der Waals surface area contributed by atoms with E-state index in [9.17, 15) is 8.42 Å². The first-order valence-electron chi connectivity index (χ1n) is 6.04. The van der Waals surface area contributed by atoms with E-state index in [0.29, 0.717) is 26.1 Å². The van der Waals surface area contributed by atoms with Crippen LogP contribution in [0.2, 0.25) is 0 Å². The Hall–Kier alpha value is -0.580. The number of aryl methyl sites for hydroxylation is 1. The number of halogens is 1. The molecule has 5 heteroatoms. The van der Waals surface area contributed by atoms with Gasteiger partial charge in [0.2, 0.25) is 9.05 Å². The van der Waals surface area contributed by atoms with Crippen LogP contribution in [-0.4, -0.2) is 26.9 Å². The molecule has 0 saturated carbocycles. The zero-order chi connectivity index (χ0) is 13.2. The van der Waals surface area contributed by atoms with E-state index in [1.807, 2.05) is 31.2 Å². The molecule has 1 aliphatic rings. The second kappa shape index (κ2) is 5.59. The van der Waals surface area contributed by atoms with Gasteiger partial charge in [0.15, 0.2) is 0 Å². The van der Waals surface area contributed by atoms with E-state index in [1.165, 1.54) is 11.1 Å². The van der Waals surface area contributed by atoms with Crippen molar-refractivity contribution in [3.63, 3.8) is 0 Å². The highest BCUT2D eigenvalue weighted by atomic mass is 35.7. The average Bonchev–Trinajstić information content (AvgIpc) is 2.31. The summed E-state index contributed by atoms with van der Waals surface area (Å²) < 4.78 is 28.6. The van der Waals surface area contributed by atoms with Crippen molar-refractivity contribution in [1.29, 1.82) is 0 Å². The van der Waals surface area contributed by atoms with Crippen molar-refractivity contribution >= 4 is 19.7 Å². The summed E-state index contributed by atoms with van der Waals surface area (Å²) in [5, 5.41) is -0.493. The average molecular weight is 289 g/mol. The molecule has 1 aromatic carbocycles. The maximum Gasteiger partial charge on any atom is 0.235 e. The first kappa shape index (κ1) is 13.8. The predicted molar refractivity (Wildman–Crippen MR) is 72.4 cm³/mol. The van der Waals surface area contributed by atoms with Crippen LogP contribution in [0.1, 0.15) is 17.5 Å². The molecule has 1 fully saturated rings. The smallest absolute Gasteiger partial charge is 0.235 e. The molecule has 0 aromatic heterocycles. The molecule has 18 heavy (non-hydrogen) atoms. The first-order valence-corrected chi connectivity index (χ1v) is 8.41. The summed E-state index contributed by atoms with van der Waals surface area (Å²) in [7, 11) is 2.01. The molecular weight excluding hydrogens is 272 g/mol. The van der Waals surface area contributed by atoms with Crippen LogP contribution in [-0.2, 0) is 20.2 Å². The number of ether oxygens (including phenoxy) is 1. The van der Waals surface area contributed by atoms with Gasteiger partial charge in [-0.05, 0) is 30.9 Å². The highest BCUT2D eigenvalue weighted by molar-refractivity contribution is 8.14. The number of benzene rings is 1. The third-order valence-corrected chi connectivity index (χ3v) is 5.54. The Morgan fingerprint density at radius 3 is 2.78 bits per heavy atom. The van der Waals surface area contributed by atoms with Crippen LogP contribution < -0.4 is 0 Å². The van der Waals surface area contributed by atoms with E-state index in [1.54, 1.807) is 0 Å². The van der Waals surface area contributed by atoms with Gasteiger partial charge in [0.1, 0.15) is 0 Å². The van der Waals surface area contributed by atoms with Crippen molar-refractivity contribution in [2.45, 2.75) is 25.0 Å². The van der Waals surface area contributed by atoms with E-state index >= 15 is 0 Å². The third-order valence-electron chi connectivity index (χ3n) is 3.51. The van der Waals surface area contributed by atoms with Gasteiger partial charge in [0.05, 0.1) is 11.9 Å². The maximum absolute atomic E-state index is 11.6. The molecule has 2 atom stereocenters. The quantitative estimate of drug-likeness (QED) is 0.803. The molecule has 1 saturated heterocycles. The predicted octanol–water partition coefficient (Wildman–Crippen LogP) is 2.51. The van der Waals surface area contributed by atoms with Crippen LogP contribution >= 0.6 is 10.7 Å². The van der Waals surface area contributed by atoms with Crippen molar-refractivity contribution in [2.24, 2.45) is 5.92 Å². The number of hydrogen-bond donors (Lipinski definition) is 0. The molecule has 0 bridgehead atoms. The monoisotopic (exact) mass is 288 g/mol. The number of rotatable bonds is 3. The second-order valence-electron chi connectivity index (χ2n) is 4.77. The lowest BCUT2D eigenvalue weighted by Crippen LogP contribution is -2.37. The van der Waals surface area contributed by atoms with E-state index < -0.39 is 14.3 Å². The van der Waals surface area contributed by atoms with Gasteiger partial charge in [-0.1, -0.05) is 24.3 Å². The summed E-state index contributed by atoms with van der Waals surface area (Å²) in [5.74, 6) is -0.0534. The van der Waals surface area contributed by atoms with Crippen molar-refractivity contribution in [1.82, 2.24) is 0 Å². The highest BCUT2D eigenvalue weighted by Gasteiger charge is 2.35. The molecule has 1 heterocycles. The summed E-state index contributed by atoms with van der Waals surface area (Å²) in [6, 6.07) is 8.01. The fourth-order valence-electron chi connectivity index (χ4n) is 2.46. The van der Waals surface area contributed by atoms with Crippen molar-refractivity contribution in [3.8, 4) is 0 Å². The van der Waals surface area contributed by atoms with Crippen molar-refractivity contribution in [2.75, 3.05) is 13.2 Å². The largest absolute Gasteiger partial charge is 0.381 e. The number of hydrogen-bond acceptors (Lipinski definition) is 3. The lowest BCUT2D eigenvalue weighted by molar-refractivity contribution is 0.0576. The highest BCUT2D eigenvalue weighted by Crippen LogP contribution is 2.28. The van der Waals surface area contributed by atoms with Gasteiger partial charge < -0.3 is 4.74 Å². The van der Waals surface area contributed by atoms with Crippen LogP contribution in [0.5, 0.6) is 0 Å². The lowest BCUT2D eigenvalue weighted by atomic mass is 9.91. The Morgan fingerprint density at radius 1 is 1.39 bits per heavy atom. The maximum atomic E-state index is 11.6. The van der Waals surface area contributed by atoms with Crippen LogP contribution in [0, 0.1) is 12.8 Å². The fourth-order valence-corrected chi connectivity index (χ4v) is 4.18. The Bertz CT molecular complexity index is 513. The molecule has 0 N–H and O–H groups in total. The van der Waals surface area contributed by atoms with Gasteiger partial charge >= 0.3 is 0 Å². The Morgan fingerprint density at radius 2 is 2.11 bits per heavy atom. The summed E-state index contributed by atoms with van der Waals surface area (Å²) in [4.78, 5) is 0. The molecule has 0 spiro atoms. The molecule has 0 radical (unpaired) electrons. The third kappa shape index (κ3) is 3.25. The summed E-state index contributed by atoms with van der Waals surface area (Å²) in [5.41, 5.74) is 2.34. The van der Waals surface area contributed by atoms with Crippen LogP contribution in [0.3, 0.4) is 0 Å². The summed E-state index contributed by atoms with van der Waals surface area (Å²) in [6.45, 7) is 2.97.